The Kier molecular flexibility index (Phi) is 6.29. The van der Waals surface area contributed by atoms with Crippen LogP contribution in [0.1, 0.15) is 31.0 Å². The van der Waals surface area contributed by atoms with Crippen LogP contribution in [0, 0.1) is 11.7 Å². The van der Waals surface area contributed by atoms with Gasteiger partial charge in [0.15, 0.2) is 0 Å². The lowest BCUT2D eigenvalue weighted by Gasteiger charge is -2.18. The molecule has 0 aromatic heterocycles. The van der Waals surface area contributed by atoms with E-state index in [1.165, 1.54) is 6.07 Å². The van der Waals surface area contributed by atoms with E-state index in [4.69, 9.17) is 5.84 Å². The van der Waals surface area contributed by atoms with Crippen LogP contribution in [0.2, 0.25) is 0 Å². The van der Waals surface area contributed by atoms with Crippen LogP contribution in [0.15, 0.2) is 18.2 Å². The fourth-order valence-electron chi connectivity index (χ4n) is 1.64. The molecule has 0 fully saturated rings. The van der Waals surface area contributed by atoms with Gasteiger partial charge in [-0.15, -0.1) is 0 Å². The smallest absolute Gasteiger partial charge is 0.271 e. The van der Waals surface area contributed by atoms with E-state index in [1.807, 2.05) is 0 Å². The van der Waals surface area contributed by atoms with Crippen molar-refractivity contribution in [3.63, 3.8) is 0 Å². The maximum atomic E-state index is 13.5. The monoisotopic (exact) mass is 310 g/mol. The van der Waals surface area contributed by atoms with Crippen LogP contribution in [-0.4, -0.2) is 11.5 Å². The standard InChI is InChI=1S/C13H18F4N2S/c1-8(2)6-20-7-12(19-18)9-3-4-10(11(14)5-9)13(15,16)17/h3-5,8,12,19H,6-7,18H2,1-2H3. The number of halogens is 4. The minimum absolute atomic E-state index is 0.379. The van der Waals surface area contributed by atoms with Gasteiger partial charge in [-0.3, -0.25) is 11.3 Å². The van der Waals surface area contributed by atoms with Crippen LogP contribution in [0.4, 0.5) is 17.6 Å². The zero-order valence-corrected chi connectivity index (χ0v) is 12.1. The average Bonchev–Trinajstić information content (AvgIpc) is 2.32. The molecule has 114 valence electrons. The summed E-state index contributed by atoms with van der Waals surface area (Å²) >= 11 is 1.62. The van der Waals surface area contributed by atoms with E-state index in [9.17, 15) is 17.6 Å². The van der Waals surface area contributed by atoms with Crippen molar-refractivity contribution in [2.24, 2.45) is 11.8 Å². The second-order valence-corrected chi connectivity index (χ2v) is 5.96. The number of nitrogens with one attached hydrogen (secondary N) is 1. The van der Waals surface area contributed by atoms with Gasteiger partial charge in [0.25, 0.3) is 0 Å². The van der Waals surface area contributed by atoms with Crippen LogP contribution in [0.3, 0.4) is 0 Å². The number of hydrogen-bond donors (Lipinski definition) is 2. The van der Waals surface area contributed by atoms with Crippen molar-refractivity contribution < 1.29 is 17.6 Å². The number of rotatable bonds is 6. The molecule has 0 amide bonds. The van der Waals surface area contributed by atoms with Crippen molar-refractivity contribution in [1.29, 1.82) is 0 Å². The lowest BCUT2D eigenvalue weighted by molar-refractivity contribution is -0.140. The molecule has 0 aliphatic heterocycles. The molecule has 20 heavy (non-hydrogen) atoms. The number of hydrazine groups is 1. The molecule has 1 unspecified atom stereocenters. The molecule has 2 nitrogen and oxygen atoms in total. The molecule has 7 heteroatoms. The van der Waals surface area contributed by atoms with Gasteiger partial charge in [0, 0.05) is 5.75 Å². The Bertz CT molecular complexity index is 435. The van der Waals surface area contributed by atoms with Crippen molar-refractivity contribution in [2.45, 2.75) is 26.1 Å². The van der Waals surface area contributed by atoms with E-state index < -0.39 is 17.6 Å². The van der Waals surface area contributed by atoms with E-state index in [1.54, 1.807) is 11.8 Å². The molecule has 0 heterocycles. The SMILES string of the molecule is CC(C)CSCC(NN)c1ccc(C(F)(F)F)c(F)c1. The average molecular weight is 310 g/mol. The Morgan fingerprint density at radius 3 is 2.35 bits per heavy atom. The van der Waals surface area contributed by atoms with Gasteiger partial charge in [0.2, 0.25) is 0 Å². The van der Waals surface area contributed by atoms with Crippen molar-refractivity contribution in [2.75, 3.05) is 11.5 Å². The topological polar surface area (TPSA) is 38.0 Å². The number of nitrogens with two attached hydrogens (primary N) is 1. The molecule has 0 aliphatic carbocycles. The third kappa shape index (κ3) is 4.96. The zero-order valence-electron chi connectivity index (χ0n) is 11.3. The number of alkyl halides is 3. The first-order valence-electron chi connectivity index (χ1n) is 6.16. The summed E-state index contributed by atoms with van der Waals surface area (Å²) in [4.78, 5) is 0. The molecular weight excluding hydrogens is 292 g/mol. The zero-order chi connectivity index (χ0) is 15.3. The van der Waals surface area contributed by atoms with Gasteiger partial charge in [-0.05, 0) is 29.4 Å². The fraction of sp³-hybridized carbons (Fsp3) is 0.538. The first-order valence-corrected chi connectivity index (χ1v) is 7.31. The Morgan fingerprint density at radius 2 is 1.90 bits per heavy atom. The molecule has 3 N–H and O–H groups in total. The summed E-state index contributed by atoms with van der Waals surface area (Å²) in [7, 11) is 0. The van der Waals surface area contributed by atoms with E-state index >= 15 is 0 Å². The predicted octanol–water partition coefficient (Wildman–Crippen LogP) is 3.74. The number of hydrogen-bond acceptors (Lipinski definition) is 3. The fourth-order valence-corrected chi connectivity index (χ4v) is 2.77. The number of benzene rings is 1. The van der Waals surface area contributed by atoms with Gasteiger partial charge < -0.3 is 0 Å². The molecule has 0 aliphatic rings. The first kappa shape index (κ1) is 17.3. The van der Waals surface area contributed by atoms with Gasteiger partial charge in [-0.2, -0.15) is 24.9 Å². The second-order valence-electron chi connectivity index (χ2n) is 4.89. The normalized spacial score (nSPS) is 13.8. The van der Waals surface area contributed by atoms with Gasteiger partial charge in [0.1, 0.15) is 5.82 Å². The summed E-state index contributed by atoms with van der Waals surface area (Å²) in [5.74, 6) is 6.09. The summed E-state index contributed by atoms with van der Waals surface area (Å²) in [6.45, 7) is 4.13. The highest BCUT2D eigenvalue weighted by atomic mass is 32.2. The second kappa shape index (κ2) is 7.28. The lowest BCUT2D eigenvalue weighted by atomic mass is 10.1. The summed E-state index contributed by atoms with van der Waals surface area (Å²) in [6.07, 6.45) is -4.68. The third-order valence-corrected chi connectivity index (χ3v) is 4.11. The van der Waals surface area contributed by atoms with Gasteiger partial charge in [0.05, 0.1) is 11.6 Å². The number of thioether (sulfide) groups is 1. The maximum Gasteiger partial charge on any atom is 0.419 e. The van der Waals surface area contributed by atoms with Crippen LogP contribution in [0.25, 0.3) is 0 Å². The quantitative estimate of drug-likeness (QED) is 0.477. The molecule has 1 aromatic carbocycles. The maximum absolute atomic E-state index is 13.5. The molecule has 1 atom stereocenters. The molecular formula is C13H18F4N2S. The minimum atomic E-state index is -4.68. The Hall–Kier alpha value is -0.790. The van der Waals surface area contributed by atoms with Crippen LogP contribution in [0.5, 0.6) is 0 Å². The molecule has 0 spiro atoms. The molecule has 0 saturated carbocycles. The summed E-state index contributed by atoms with van der Waals surface area (Å²) in [5, 5.41) is 0. The van der Waals surface area contributed by atoms with Crippen LogP contribution in [-0.2, 0) is 6.18 Å². The van der Waals surface area contributed by atoms with Crippen molar-refractivity contribution in [1.82, 2.24) is 5.43 Å². The van der Waals surface area contributed by atoms with E-state index in [-0.39, 0.29) is 6.04 Å². The highest BCUT2D eigenvalue weighted by Crippen LogP contribution is 2.32. The van der Waals surface area contributed by atoms with Crippen molar-refractivity contribution in [3.8, 4) is 0 Å². The van der Waals surface area contributed by atoms with Crippen LogP contribution < -0.4 is 11.3 Å². The lowest BCUT2D eigenvalue weighted by Crippen LogP contribution is -2.30. The van der Waals surface area contributed by atoms with Gasteiger partial charge in [-0.25, -0.2) is 4.39 Å². The van der Waals surface area contributed by atoms with E-state index in [0.29, 0.717) is 17.2 Å². The highest BCUT2D eigenvalue weighted by molar-refractivity contribution is 7.99. The Morgan fingerprint density at radius 1 is 1.25 bits per heavy atom. The predicted molar refractivity (Wildman–Crippen MR) is 73.6 cm³/mol. The van der Waals surface area contributed by atoms with E-state index in [0.717, 1.165) is 17.9 Å². The van der Waals surface area contributed by atoms with Gasteiger partial charge in [-0.1, -0.05) is 19.9 Å². The third-order valence-electron chi connectivity index (χ3n) is 2.64. The first-order chi connectivity index (χ1) is 9.25. The Labute approximate surface area is 120 Å². The molecule has 0 radical (unpaired) electrons. The Balaban J connectivity index is 2.81. The van der Waals surface area contributed by atoms with Gasteiger partial charge >= 0.3 is 6.18 Å². The van der Waals surface area contributed by atoms with Crippen LogP contribution >= 0.6 is 11.8 Å². The molecule has 0 saturated heterocycles. The summed E-state index contributed by atoms with van der Waals surface area (Å²) < 4.78 is 50.9. The summed E-state index contributed by atoms with van der Waals surface area (Å²) in [6, 6.07) is 2.52. The van der Waals surface area contributed by atoms with E-state index in [2.05, 4.69) is 19.3 Å². The molecule has 0 bridgehead atoms. The van der Waals surface area contributed by atoms with Crippen molar-refractivity contribution >= 4 is 11.8 Å². The largest absolute Gasteiger partial charge is 0.419 e. The molecule has 1 rings (SSSR count). The molecule has 1 aromatic rings. The summed E-state index contributed by atoms with van der Waals surface area (Å²) in [5.41, 5.74) is 1.66. The van der Waals surface area contributed by atoms with Crippen molar-refractivity contribution in [3.05, 3.63) is 35.1 Å². The highest BCUT2D eigenvalue weighted by Gasteiger charge is 2.34. The minimum Gasteiger partial charge on any atom is -0.271 e.